The van der Waals surface area contributed by atoms with E-state index in [2.05, 4.69) is 21.4 Å². The van der Waals surface area contributed by atoms with Crippen molar-refractivity contribution in [2.24, 2.45) is 5.92 Å². The molecular weight excluding hydrogens is 242 g/mol. The van der Waals surface area contributed by atoms with E-state index in [1.165, 1.54) is 12.8 Å². The SMILES string of the molecule is CC1CCn2c(CN3CCCC3)nc(C(=O)O)c2C1. The van der Waals surface area contributed by atoms with Crippen molar-refractivity contribution in [3.05, 3.63) is 17.2 Å². The van der Waals surface area contributed by atoms with E-state index in [1.807, 2.05) is 0 Å². The molecule has 5 nitrogen and oxygen atoms in total. The third-order valence-corrected chi connectivity index (χ3v) is 4.31. The van der Waals surface area contributed by atoms with Crippen molar-refractivity contribution >= 4 is 5.97 Å². The predicted molar refractivity (Wildman–Crippen MR) is 71.2 cm³/mol. The lowest BCUT2D eigenvalue weighted by Gasteiger charge is -2.23. The smallest absolute Gasteiger partial charge is 0.356 e. The maximum absolute atomic E-state index is 11.3. The van der Waals surface area contributed by atoms with Gasteiger partial charge in [-0.3, -0.25) is 4.90 Å². The van der Waals surface area contributed by atoms with Crippen LogP contribution in [0.5, 0.6) is 0 Å². The summed E-state index contributed by atoms with van der Waals surface area (Å²) in [6, 6.07) is 0. The molecule has 5 heteroatoms. The zero-order valence-electron chi connectivity index (χ0n) is 11.4. The van der Waals surface area contributed by atoms with Crippen LogP contribution in [0.25, 0.3) is 0 Å². The maximum atomic E-state index is 11.3. The molecule has 0 radical (unpaired) electrons. The van der Waals surface area contributed by atoms with Crippen LogP contribution in [0.4, 0.5) is 0 Å². The number of aromatic nitrogens is 2. The van der Waals surface area contributed by atoms with Gasteiger partial charge in [-0.15, -0.1) is 0 Å². The third kappa shape index (κ3) is 2.39. The third-order valence-electron chi connectivity index (χ3n) is 4.31. The summed E-state index contributed by atoms with van der Waals surface area (Å²) < 4.78 is 2.15. The van der Waals surface area contributed by atoms with Crippen molar-refractivity contribution in [3.63, 3.8) is 0 Å². The molecule has 0 aromatic carbocycles. The monoisotopic (exact) mass is 263 g/mol. The molecule has 104 valence electrons. The van der Waals surface area contributed by atoms with Gasteiger partial charge < -0.3 is 9.67 Å². The first-order chi connectivity index (χ1) is 9.15. The van der Waals surface area contributed by atoms with Gasteiger partial charge in [0.2, 0.25) is 0 Å². The molecule has 0 aliphatic carbocycles. The normalized spacial score (nSPS) is 23.5. The van der Waals surface area contributed by atoms with Gasteiger partial charge in [0.1, 0.15) is 5.82 Å². The largest absolute Gasteiger partial charge is 0.476 e. The standard InChI is InChI=1S/C14H21N3O2/c1-10-4-7-17-11(8-10)13(14(18)19)15-12(17)9-16-5-2-3-6-16/h10H,2-9H2,1H3,(H,18,19). The molecule has 19 heavy (non-hydrogen) atoms. The van der Waals surface area contributed by atoms with Crippen molar-refractivity contribution < 1.29 is 9.90 Å². The van der Waals surface area contributed by atoms with Crippen LogP contribution >= 0.6 is 0 Å². The van der Waals surface area contributed by atoms with Gasteiger partial charge >= 0.3 is 5.97 Å². The van der Waals surface area contributed by atoms with E-state index in [0.29, 0.717) is 5.92 Å². The first-order valence-corrected chi connectivity index (χ1v) is 7.19. The van der Waals surface area contributed by atoms with Gasteiger partial charge in [-0.25, -0.2) is 9.78 Å². The number of rotatable bonds is 3. The van der Waals surface area contributed by atoms with Crippen molar-refractivity contribution in [2.45, 2.75) is 45.7 Å². The van der Waals surface area contributed by atoms with Gasteiger partial charge in [0.15, 0.2) is 5.69 Å². The van der Waals surface area contributed by atoms with E-state index in [4.69, 9.17) is 0 Å². The summed E-state index contributed by atoms with van der Waals surface area (Å²) in [6.07, 6.45) is 4.46. The number of imidazole rings is 1. The molecule has 1 aromatic heterocycles. The van der Waals surface area contributed by atoms with Gasteiger partial charge in [-0.05, 0) is 44.7 Å². The Morgan fingerprint density at radius 2 is 2.11 bits per heavy atom. The van der Waals surface area contributed by atoms with E-state index in [-0.39, 0.29) is 5.69 Å². The molecule has 1 fully saturated rings. The lowest BCUT2D eigenvalue weighted by molar-refractivity contribution is 0.0688. The molecule has 0 bridgehead atoms. The summed E-state index contributed by atoms with van der Waals surface area (Å²) >= 11 is 0. The van der Waals surface area contributed by atoms with Crippen LogP contribution in [0.1, 0.15) is 48.2 Å². The summed E-state index contributed by atoms with van der Waals surface area (Å²) in [4.78, 5) is 18.1. The highest BCUT2D eigenvalue weighted by molar-refractivity contribution is 5.87. The minimum absolute atomic E-state index is 0.278. The molecule has 0 spiro atoms. The van der Waals surface area contributed by atoms with E-state index >= 15 is 0 Å². The van der Waals surface area contributed by atoms with E-state index in [0.717, 1.165) is 50.5 Å². The molecule has 3 heterocycles. The van der Waals surface area contributed by atoms with Crippen molar-refractivity contribution in [2.75, 3.05) is 13.1 Å². The number of hydrogen-bond donors (Lipinski definition) is 1. The Bertz CT molecular complexity index is 489. The Morgan fingerprint density at radius 1 is 1.37 bits per heavy atom. The average molecular weight is 263 g/mol. The molecular formula is C14H21N3O2. The lowest BCUT2D eigenvalue weighted by Crippen LogP contribution is -2.24. The van der Waals surface area contributed by atoms with E-state index < -0.39 is 5.97 Å². The summed E-state index contributed by atoms with van der Waals surface area (Å²) in [6.45, 7) is 6.12. The minimum atomic E-state index is -0.884. The zero-order valence-corrected chi connectivity index (χ0v) is 11.4. The van der Waals surface area contributed by atoms with E-state index in [9.17, 15) is 9.90 Å². The molecule has 1 unspecified atom stereocenters. The number of carbonyl (C=O) groups is 1. The molecule has 2 aliphatic rings. The topological polar surface area (TPSA) is 58.4 Å². The highest BCUT2D eigenvalue weighted by atomic mass is 16.4. The number of fused-ring (bicyclic) bond motifs is 1. The van der Waals surface area contributed by atoms with Crippen LogP contribution in [0, 0.1) is 5.92 Å². The quantitative estimate of drug-likeness (QED) is 0.902. The van der Waals surface area contributed by atoms with Crippen molar-refractivity contribution in [1.82, 2.24) is 14.5 Å². The predicted octanol–water partition coefficient (Wildman–Crippen LogP) is 1.76. The molecule has 3 rings (SSSR count). The fraction of sp³-hybridized carbons (Fsp3) is 0.714. The van der Waals surface area contributed by atoms with Gasteiger partial charge in [0, 0.05) is 6.54 Å². The van der Waals surface area contributed by atoms with Crippen LogP contribution < -0.4 is 0 Å². The Kier molecular flexibility index (Phi) is 3.31. The summed E-state index contributed by atoms with van der Waals surface area (Å²) in [7, 11) is 0. The van der Waals surface area contributed by atoms with Crippen molar-refractivity contribution in [1.29, 1.82) is 0 Å². The fourth-order valence-electron chi connectivity index (χ4n) is 3.22. The molecule has 0 saturated carbocycles. The fourth-order valence-corrected chi connectivity index (χ4v) is 3.22. The first-order valence-electron chi connectivity index (χ1n) is 7.19. The number of hydrogen-bond acceptors (Lipinski definition) is 3. The number of nitrogens with zero attached hydrogens (tertiary/aromatic N) is 3. The van der Waals surface area contributed by atoms with Crippen molar-refractivity contribution in [3.8, 4) is 0 Å². The zero-order chi connectivity index (χ0) is 13.4. The Balaban J connectivity index is 1.91. The minimum Gasteiger partial charge on any atom is -0.476 e. The second kappa shape index (κ2) is 4.96. The van der Waals surface area contributed by atoms with Crippen LogP contribution in [0.15, 0.2) is 0 Å². The van der Waals surface area contributed by atoms with Gasteiger partial charge in [0.05, 0.1) is 12.2 Å². The summed E-state index contributed by atoms with van der Waals surface area (Å²) in [5, 5.41) is 9.31. The number of likely N-dealkylation sites (tertiary alicyclic amines) is 1. The van der Waals surface area contributed by atoms with Gasteiger partial charge in [-0.1, -0.05) is 6.92 Å². The summed E-state index contributed by atoms with van der Waals surface area (Å²) in [5.74, 6) is 0.619. The summed E-state index contributed by atoms with van der Waals surface area (Å²) in [5.41, 5.74) is 1.21. The van der Waals surface area contributed by atoms with Gasteiger partial charge in [-0.2, -0.15) is 0 Å². The average Bonchev–Trinajstić information content (AvgIpc) is 2.97. The lowest BCUT2D eigenvalue weighted by atomic mass is 9.97. The first kappa shape index (κ1) is 12.7. The molecule has 1 aromatic rings. The molecule has 1 saturated heterocycles. The Morgan fingerprint density at radius 3 is 2.79 bits per heavy atom. The number of carboxylic acid groups (broad SMARTS) is 1. The van der Waals surface area contributed by atoms with Crippen LogP contribution in [0.2, 0.25) is 0 Å². The highest BCUT2D eigenvalue weighted by Gasteiger charge is 2.27. The second-order valence-electron chi connectivity index (χ2n) is 5.86. The highest BCUT2D eigenvalue weighted by Crippen LogP contribution is 2.26. The molecule has 1 atom stereocenters. The van der Waals surface area contributed by atoms with Gasteiger partial charge in [0.25, 0.3) is 0 Å². The van der Waals surface area contributed by atoms with Crippen LogP contribution in [0.3, 0.4) is 0 Å². The number of carboxylic acids is 1. The number of aromatic carboxylic acids is 1. The molecule has 2 aliphatic heterocycles. The Labute approximate surface area is 113 Å². The molecule has 0 amide bonds. The molecule has 1 N–H and O–H groups in total. The van der Waals surface area contributed by atoms with E-state index in [1.54, 1.807) is 0 Å². The maximum Gasteiger partial charge on any atom is 0.356 e. The van der Waals surface area contributed by atoms with Crippen LogP contribution in [-0.2, 0) is 19.5 Å². The second-order valence-corrected chi connectivity index (χ2v) is 5.86. The Hall–Kier alpha value is -1.36. The van der Waals surface area contributed by atoms with Crippen LogP contribution in [-0.4, -0.2) is 38.6 Å².